The van der Waals surface area contributed by atoms with E-state index < -0.39 is 11.2 Å². The number of hydrogen-bond acceptors (Lipinski definition) is 7. The highest BCUT2D eigenvalue weighted by molar-refractivity contribution is 5.86. The fourth-order valence-electron chi connectivity index (χ4n) is 6.60. The molecule has 4 aromatic rings. The number of aromatic nitrogens is 4. The number of nitrogens with two attached hydrogens (primary N) is 1. The van der Waals surface area contributed by atoms with E-state index in [9.17, 15) is 0 Å². The van der Waals surface area contributed by atoms with Gasteiger partial charge in [-0.2, -0.15) is 0 Å². The first-order chi connectivity index (χ1) is 18.8. The van der Waals surface area contributed by atoms with Crippen molar-refractivity contribution in [2.75, 3.05) is 11.1 Å². The van der Waals surface area contributed by atoms with Crippen LogP contribution in [0.15, 0.2) is 48.9 Å². The van der Waals surface area contributed by atoms with Gasteiger partial charge in [-0.15, -0.1) is 6.42 Å². The number of nitrogens with zero attached hydrogens (tertiary/aromatic N) is 4. The molecule has 3 fully saturated rings. The lowest BCUT2D eigenvalue weighted by atomic mass is 9.79. The molecule has 3 aromatic heterocycles. The summed E-state index contributed by atoms with van der Waals surface area (Å²) in [6.45, 7) is 3.92. The first-order valence-corrected chi connectivity index (χ1v) is 13.9. The second-order valence-corrected chi connectivity index (χ2v) is 11.8. The Morgan fingerprint density at radius 1 is 1.15 bits per heavy atom. The zero-order valence-electron chi connectivity index (χ0n) is 22.4. The number of pyridine rings is 1. The predicted octanol–water partition coefficient (Wildman–Crippen LogP) is 5.24. The van der Waals surface area contributed by atoms with Crippen LogP contribution in [0.5, 0.6) is 0 Å². The molecule has 4 atom stereocenters. The van der Waals surface area contributed by atoms with Gasteiger partial charge in [-0.05, 0) is 82.2 Å². The van der Waals surface area contributed by atoms with Gasteiger partial charge in [0, 0.05) is 17.6 Å². The molecular formula is C31H34N6O2. The van der Waals surface area contributed by atoms with E-state index in [2.05, 4.69) is 56.1 Å². The Bertz CT molecular complexity index is 1600. The molecule has 8 heteroatoms. The molecule has 0 amide bonds. The molecule has 1 aliphatic heterocycles. The van der Waals surface area contributed by atoms with Gasteiger partial charge in [0.1, 0.15) is 35.8 Å². The summed E-state index contributed by atoms with van der Waals surface area (Å²) in [4.78, 5) is 13.6. The molecule has 3 N–H and O–H groups in total. The molecular weight excluding hydrogens is 488 g/mol. The third kappa shape index (κ3) is 4.12. The van der Waals surface area contributed by atoms with Crippen LogP contribution >= 0.6 is 0 Å². The molecule has 0 bridgehead atoms. The number of nitrogen functional groups attached to an aromatic ring is 1. The summed E-state index contributed by atoms with van der Waals surface area (Å²) in [6.07, 6.45) is 15.5. The van der Waals surface area contributed by atoms with E-state index >= 15 is 0 Å². The van der Waals surface area contributed by atoms with E-state index in [4.69, 9.17) is 26.6 Å². The van der Waals surface area contributed by atoms with Crippen LogP contribution in [0.25, 0.3) is 21.9 Å². The fourth-order valence-corrected chi connectivity index (χ4v) is 6.60. The molecule has 4 heterocycles. The SMILES string of the molecule is C#C[C@]1(CCc2ccc3ccc(NC4CCC4)nc3c2)C[C@@H](n2ccc3c(N)ncnc32)[C@@H]2OC(C)(C)O[C@@H]21. The van der Waals surface area contributed by atoms with Crippen molar-refractivity contribution in [3.8, 4) is 12.3 Å². The molecule has 1 aromatic carbocycles. The van der Waals surface area contributed by atoms with Crippen molar-refractivity contribution in [1.82, 2.24) is 19.5 Å². The molecule has 1 saturated heterocycles. The lowest BCUT2D eigenvalue weighted by molar-refractivity contribution is -0.165. The molecule has 7 rings (SSSR count). The Morgan fingerprint density at radius 3 is 2.79 bits per heavy atom. The number of aryl methyl sites for hydroxylation is 1. The first-order valence-electron chi connectivity index (χ1n) is 13.9. The highest BCUT2D eigenvalue weighted by atomic mass is 16.8. The molecule has 8 nitrogen and oxygen atoms in total. The number of anilines is 2. The van der Waals surface area contributed by atoms with Crippen molar-refractivity contribution in [2.24, 2.45) is 5.41 Å². The number of nitrogens with one attached hydrogen (secondary N) is 1. The summed E-state index contributed by atoms with van der Waals surface area (Å²) in [5, 5.41) is 5.53. The average molecular weight is 523 g/mol. The minimum Gasteiger partial charge on any atom is -0.383 e. The Labute approximate surface area is 228 Å². The van der Waals surface area contributed by atoms with Gasteiger partial charge in [-0.3, -0.25) is 0 Å². The molecule has 0 spiro atoms. The standard InChI is InChI=1S/C31H34N6O2/c1-4-31(14-12-19-8-9-20-10-11-25(36-23(20)16-19)35-21-6-5-7-21)17-24(26-27(31)39-30(2,3)38-26)37-15-13-22-28(32)33-18-34-29(22)37/h1,8-11,13,15-16,18,21,24,26-27H,5-7,12,14,17H2,2-3H3,(H,35,36)(H2,32,33,34)/t24-,26+,27+,31+/m1/s1. The van der Waals surface area contributed by atoms with Crippen LogP contribution in [0.3, 0.4) is 0 Å². The Hall–Kier alpha value is -3.67. The largest absolute Gasteiger partial charge is 0.383 e. The highest BCUT2D eigenvalue weighted by Gasteiger charge is 2.61. The van der Waals surface area contributed by atoms with E-state index in [0.29, 0.717) is 11.9 Å². The molecule has 2 saturated carbocycles. The van der Waals surface area contributed by atoms with Crippen LogP contribution < -0.4 is 11.1 Å². The molecule has 3 aliphatic rings. The lowest BCUT2D eigenvalue weighted by Gasteiger charge is -2.31. The van der Waals surface area contributed by atoms with Gasteiger partial charge in [-0.1, -0.05) is 18.1 Å². The van der Waals surface area contributed by atoms with E-state index in [1.165, 1.54) is 31.2 Å². The number of rotatable bonds is 6. The summed E-state index contributed by atoms with van der Waals surface area (Å²) >= 11 is 0. The van der Waals surface area contributed by atoms with Gasteiger partial charge in [0.15, 0.2) is 5.79 Å². The van der Waals surface area contributed by atoms with E-state index in [1.54, 1.807) is 0 Å². The van der Waals surface area contributed by atoms with E-state index in [-0.39, 0.29) is 18.2 Å². The fraction of sp³-hybridized carbons (Fsp3) is 0.452. The monoisotopic (exact) mass is 522 g/mol. The van der Waals surface area contributed by atoms with Gasteiger partial charge >= 0.3 is 0 Å². The second kappa shape index (κ2) is 8.94. The number of ether oxygens (including phenoxy) is 2. The molecule has 39 heavy (non-hydrogen) atoms. The van der Waals surface area contributed by atoms with Crippen molar-refractivity contribution < 1.29 is 9.47 Å². The maximum Gasteiger partial charge on any atom is 0.163 e. The van der Waals surface area contributed by atoms with Crippen molar-refractivity contribution in [2.45, 2.75) is 82.5 Å². The van der Waals surface area contributed by atoms with Crippen LogP contribution in [0.2, 0.25) is 0 Å². The lowest BCUT2D eigenvalue weighted by Crippen LogP contribution is -2.35. The summed E-state index contributed by atoms with van der Waals surface area (Å²) in [7, 11) is 0. The highest BCUT2D eigenvalue weighted by Crippen LogP contribution is 2.55. The van der Waals surface area contributed by atoms with Crippen LogP contribution in [-0.2, 0) is 15.9 Å². The van der Waals surface area contributed by atoms with E-state index in [1.807, 2.05) is 26.1 Å². The first kappa shape index (κ1) is 24.4. The van der Waals surface area contributed by atoms with Gasteiger partial charge in [-0.25, -0.2) is 15.0 Å². The Balaban J connectivity index is 1.18. The number of terminal acetylenes is 1. The minimum atomic E-state index is -0.718. The van der Waals surface area contributed by atoms with Gasteiger partial charge in [0.25, 0.3) is 0 Å². The number of benzene rings is 1. The van der Waals surface area contributed by atoms with Crippen LogP contribution in [0, 0.1) is 17.8 Å². The molecule has 0 unspecified atom stereocenters. The van der Waals surface area contributed by atoms with Crippen molar-refractivity contribution in [3.63, 3.8) is 0 Å². The average Bonchev–Trinajstić information content (AvgIpc) is 3.55. The maximum atomic E-state index is 6.52. The number of hydrogen-bond donors (Lipinski definition) is 2. The third-order valence-electron chi connectivity index (χ3n) is 8.88. The zero-order chi connectivity index (χ0) is 26.8. The van der Waals surface area contributed by atoms with Crippen molar-refractivity contribution >= 4 is 33.6 Å². The maximum absolute atomic E-state index is 6.52. The normalized spacial score (nSPS) is 27.9. The van der Waals surface area contributed by atoms with E-state index in [0.717, 1.165) is 47.0 Å². The summed E-state index contributed by atoms with van der Waals surface area (Å²) < 4.78 is 15.1. The van der Waals surface area contributed by atoms with Crippen molar-refractivity contribution in [3.05, 3.63) is 54.5 Å². The quantitative estimate of drug-likeness (QED) is 0.334. The summed E-state index contributed by atoms with van der Waals surface area (Å²) in [5.41, 5.74) is 8.65. The van der Waals surface area contributed by atoms with Crippen LogP contribution in [0.4, 0.5) is 11.6 Å². The Kier molecular flexibility index (Phi) is 5.58. The molecule has 0 radical (unpaired) electrons. The zero-order valence-corrected chi connectivity index (χ0v) is 22.4. The third-order valence-corrected chi connectivity index (χ3v) is 8.88. The summed E-state index contributed by atoms with van der Waals surface area (Å²) in [5.74, 6) is 3.89. The predicted molar refractivity (Wildman–Crippen MR) is 152 cm³/mol. The summed E-state index contributed by atoms with van der Waals surface area (Å²) in [6, 6.07) is 13.2. The van der Waals surface area contributed by atoms with Crippen LogP contribution in [0.1, 0.15) is 57.6 Å². The minimum absolute atomic E-state index is 0.0296. The Morgan fingerprint density at radius 2 is 2.00 bits per heavy atom. The topological polar surface area (TPSA) is 100 Å². The second-order valence-electron chi connectivity index (χ2n) is 11.8. The van der Waals surface area contributed by atoms with Gasteiger partial charge < -0.3 is 25.1 Å². The molecule has 2 aliphatic carbocycles. The van der Waals surface area contributed by atoms with Gasteiger partial charge in [0.2, 0.25) is 0 Å². The number of fused-ring (bicyclic) bond motifs is 3. The van der Waals surface area contributed by atoms with Crippen LogP contribution in [-0.4, -0.2) is 43.6 Å². The molecule has 200 valence electrons. The van der Waals surface area contributed by atoms with Gasteiger partial charge in [0.05, 0.1) is 22.4 Å². The van der Waals surface area contributed by atoms with Crippen molar-refractivity contribution in [1.29, 1.82) is 0 Å². The smallest absolute Gasteiger partial charge is 0.163 e.